The van der Waals surface area contributed by atoms with Gasteiger partial charge < -0.3 is 10.5 Å². The van der Waals surface area contributed by atoms with E-state index in [-0.39, 0.29) is 5.56 Å². The van der Waals surface area contributed by atoms with Crippen LogP contribution < -0.4 is 5.73 Å². The van der Waals surface area contributed by atoms with Crippen molar-refractivity contribution in [2.45, 2.75) is 6.42 Å². The number of esters is 1. The zero-order valence-corrected chi connectivity index (χ0v) is 9.07. The number of hydrogen-bond donors (Lipinski definition) is 1. The number of carbonyl (C=O) groups excluding carboxylic acids is 1. The molecular weight excluding hydrogens is 209 g/mol. The van der Waals surface area contributed by atoms with Gasteiger partial charge >= 0.3 is 5.97 Å². The summed E-state index contributed by atoms with van der Waals surface area (Å²) < 4.78 is 18.2. The predicted molar refractivity (Wildman–Crippen MR) is 60.4 cm³/mol. The average Bonchev–Trinajstić information content (AvgIpc) is 2.30. The van der Waals surface area contributed by atoms with Crippen LogP contribution in [0.1, 0.15) is 22.3 Å². The van der Waals surface area contributed by atoms with Gasteiger partial charge in [-0.25, -0.2) is 9.18 Å². The summed E-state index contributed by atoms with van der Waals surface area (Å²) in [5, 5.41) is 0. The molecule has 0 saturated carbocycles. The Bertz CT molecular complexity index is 402. The van der Waals surface area contributed by atoms with Crippen LogP contribution in [0.25, 0.3) is 6.08 Å². The summed E-state index contributed by atoms with van der Waals surface area (Å²) in [5.41, 5.74) is 5.61. The Labute approximate surface area is 93.7 Å². The highest BCUT2D eigenvalue weighted by atomic mass is 19.1. The predicted octanol–water partition coefficient (Wildman–Crippen LogP) is 1.97. The second-order valence-corrected chi connectivity index (χ2v) is 3.18. The van der Waals surface area contributed by atoms with Crippen molar-refractivity contribution in [3.8, 4) is 0 Å². The van der Waals surface area contributed by atoms with Gasteiger partial charge in [0.2, 0.25) is 0 Å². The van der Waals surface area contributed by atoms with Gasteiger partial charge in [-0.2, -0.15) is 0 Å². The monoisotopic (exact) mass is 223 g/mol. The molecule has 0 aliphatic carbocycles. The fraction of sp³-hybridized carbons (Fsp3) is 0.250. The first-order chi connectivity index (χ1) is 7.70. The number of rotatable bonds is 4. The van der Waals surface area contributed by atoms with Gasteiger partial charge in [0.25, 0.3) is 0 Å². The molecular formula is C12H14FNO2. The minimum Gasteiger partial charge on any atom is -0.465 e. The average molecular weight is 223 g/mol. The highest BCUT2D eigenvalue weighted by molar-refractivity contribution is 5.90. The van der Waals surface area contributed by atoms with Gasteiger partial charge in [-0.15, -0.1) is 0 Å². The van der Waals surface area contributed by atoms with Crippen molar-refractivity contribution in [3.05, 3.63) is 41.2 Å². The summed E-state index contributed by atoms with van der Waals surface area (Å²) in [6.07, 6.45) is 4.04. The first-order valence-electron chi connectivity index (χ1n) is 4.94. The summed E-state index contributed by atoms with van der Waals surface area (Å²) in [5.74, 6) is -1.24. The lowest BCUT2D eigenvalue weighted by molar-refractivity contribution is 0.0595. The minimum atomic E-state index is -0.674. The van der Waals surface area contributed by atoms with Crippen molar-refractivity contribution in [2.24, 2.45) is 5.73 Å². The first kappa shape index (κ1) is 12.4. The summed E-state index contributed by atoms with van der Waals surface area (Å²) in [7, 11) is 1.22. The van der Waals surface area contributed by atoms with Crippen LogP contribution in [-0.2, 0) is 4.74 Å². The van der Waals surface area contributed by atoms with E-state index < -0.39 is 11.8 Å². The lowest BCUT2D eigenvalue weighted by Crippen LogP contribution is -2.05. The van der Waals surface area contributed by atoms with Gasteiger partial charge in [-0.05, 0) is 19.0 Å². The van der Waals surface area contributed by atoms with Crippen molar-refractivity contribution < 1.29 is 13.9 Å². The fourth-order valence-electron chi connectivity index (χ4n) is 1.25. The second kappa shape index (κ2) is 6.02. The van der Waals surface area contributed by atoms with Crippen molar-refractivity contribution >= 4 is 12.0 Å². The van der Waals surface area contributed by atoms with Gasteiger partial charge in [-0.3, -0.25) is 0 Å². The molecule has 0 aliphatic heterocycles. The van der Waals surface area contributed by atoms with Gasteiger partial charge in [0.15, 0.2) is 0 Å². The van der Waals surface area contributed by atoms with Crippen LogP contribution in [0.15, 0.2) is 24.3 Å². The highest BCUT2D eigenvalue weighted by Crippen LogP contribution is 2.15. The van der Waals surface area contributed by atoms with E-state index in [1.165, 1.54) is 13.2 Å². The summed E-state index contributed by atoms with van der Waals surface area (Å²) in [6, 6.07) is 4.59. The Balaban J connectivity index is 2.99. The maximum atomic E-state index is 13.8. The molecule has 1 rings (SSSR count). The van der Waals surface area contributed by atoms with E-state index in [2.05, 4.69) is 4.74 Å². The molecule has 2 N–H and O–H groups in total. The van der Waals surface area contributed by atoms with Crippen LogP contribution in [-0.4, -0.2) is 19.6 Å². The van der Waals surface area contributed by atoms with Crippen LogP contribution in [0.5, 0.6) is 0 Å². The second-order valence-electron chi connectivity index (χ2n) is 3.18. The number of nitrogens with two attached hydrogens (primary N) is 1. The number of halogens is 1. The van der Waals surface area contributed by atoms with Crippen LogP contribution in [0.3, 0.4) is 0 Å². The van der Waals surface area contributed by atoms with Crippen molar-refractivity contribution in [1.82, 2.24) is 0 Å². The zero-order valence-electron chi connectivity index (χ0n) is 9.07. The summed E-state index contributed by atoms with van der Waals surface area (Å²) in [6.45, 7) is 0.509. The molecule has 16 heavy (non-hydrogen) atoms. The summed E-state index contributed by atoms with van der Waals surface area (Å²) in [4.78, 5) is 11.2. The zero-order chi connectivity index (χ0) is 12.0. The third-order valence-electron chi connectivity index (χ3n) is 2.06. The molecule has 0 spiro atoms. The largest absolute Gasteiger partial charge is 0.465 e. The molecule has 0 amide bonds. The fourth-order valence-corrected chi connectivity index (χ4v) is 1.25. The number of benzene rings is 1. The van der Waals surface area contributed by atoms with Crippen LogP contribution in [0.4, 0.5) is 4.39 Å². The smallest absolute Gasteiger partial charge is 0.340 e. The van der Waals surface area contributed by atoms with Crippen LogP contribution >= 0.6 is 0 Å². The van der Waals surface area contributed by atoms with Gasteiger partial charge in [0.1, 0.15) is 5.82 Å². The van der Waals surface area contributed by atoms with Crippen molar-refractivity contribution in [2.75, 3.05) is 13.7 Å². The number of methoxy groups -OCH3 is 1. The van der Waals surface area contributed by atoms with Crippen molar-refractivity contribution in [3.63, 3.8) is 0 Å². The molecule has 0 radical (unpaired) electrons. The molecule has 0 unspecified atom stereocenters. The quantitative estimate of drug-likeness (QED) is 0.794. The molecule has 1 aromatic rings. The third-order valence-corrected chi connectivity index (χ3v) is 2.06. The lowest BCUT2D eigenvalue weighted by atomic mass is 10.1. The van der Waals surface area contributed by atoms with E-state index in [1.54, 1.807) is 24.3 Å². The molecule has 0 heterocycles. The van der Waals surface area contributed by atoms with E-state index in [0.717, 1.165) is 0 Å². The third kappa shape index (κ3) is 2.90. The van der Waals surface area contributed by atoms with Crippen LogP contribution in [0, 0.1) is 5.82 Å². The van der Waals surface area contributed by atoms with Crippen LogP contribution in [0.2, 0.25) is 0 Å². The molecule has 0 aromatic heterocycles. The van der Waals surface area contributed by atoms with E-state index in [9.17, 15) is 9.18 Å². The topological polar surface area (TPSA) is 52.3 Å². The standard InChI is InChI=1S/C12H14FNO2/c1-16-12(15)10-7-4-6-9(11(10)13)5-2-3-8-14/h2,4-7H,3,8,14H2,1H3. The molecule has 0 saturated heterocycles. The van der Waals surface area contributed by atoms with E-state index >= 15 is 0 Å². The van der Waals surface area contributed by atoms with Gasteiger partial charge in [0, 0.05) is 5.56 Å². The van der Waals surface area contributed by atoms with E-state index in [4.69, 9.17) is 5.73 Å². The maximum absolute atomic E-state index is 13.8. The summed E-state index contributed by atoms with van der Waals surface area (Å²) >= 11 is 0. The molecule has 4 heteroatoms. The minimum absolute atomic E-state index is 0.0580. The molecule has 0 aliphatic rings. The number of ether oxygens (including phenoxy) is 1. The maximum Gasteiger partial charge on any atom is 0.340 e. The SMILES string of the molecule is COC(=O)c1cccc(C=CCCN)c1F. The van der Waals surface area contributed by atoms with E-state index in [1.807, 2.05) is 0 Å². The number of carbonyl (C=O) groups is 1. The first-order valence-corrected chi connectivity index (χ1v) is 4.94. The molecule has 0 bridgehead atoms. The lowest BCUT2D eigenvalue weighted by Gasteiger charge is -2.03. The van der Waals surface area contributed by atoms with Gasteiger partial charge in [-0.1, -0.05) is 24.3 Å². The van der Waals surface area contributed by atoms with E-state index in [0.29, 0.717) is 18.5 Å². The molecule has 1 aromatic carbocycles. The Hall–Kier alpha value is -1.68. The molecule has 0 fully saturated rings. The Kier molecular flexibility index (Phi) is 4.66. The Morgan fingerprint density at radius 2 is 2.31 bits per heavy atom. The Morgan fingerprint density at radius 1 is 1.56 bits per heavy atom. The number of hydrogen-bond acceptors (Lipinski definition) is 3. The molecule has 0 atom stereocenters. The normalized spacial score (nSPS) is 10.7. The molecule has 3 nitrogen and oxygen atoms in total. The van der Waals surface area contributed by atoms with Crippen molar-refractivity contribution in [1.29, 1.82) is 0 Å². The Morgan fingerprint density at radius 3 is 2.94 bits per heavy atom. The van der Waals surface area contributed by atoms with Gasteiger partial charge in [0.05, 0.1) is 12.7 Å². The highest BCUT2D eigenvalue weighted by Gasteiger charge is 2.13. The molecule has 86 valence electrons.